The van der Waals surface area contributed by atoms with Crippen molar-refractivity contribution < 1.29 is 0 Å². The highest BCUT2D eigenvalue weighted by atomic mass is 14.3. The van der Waals surface area contributed by atoms with E-state index in [-0.39, 0.29) is 0 Å². The summed E-state index contributed by atoms with van der Waals surface area (Å²) in [6.45, 7) is 0. The molecule has 0 spiro atoms. The van der Waals surface area contributed by atoms with Gasteiger partial charge in [0.1, 0.15) is 0 Å². The van der Waals surface area contributed by atoms with Crippen LogP contribution >= 0.6 is 0 Å². The van der Waals surface area contributed by atoms with Gasteiger partial charge < -0.3 is 0 Å². The maximum Gasteiger partial charge on any atom is -0.000398 e. The van der Waals surface area contributed by atoms with Crippen LogP contribution in [0.15, 0.2) is 84.9 Å². The summed E-state index contributed by atoms with van der Waals surface area (Å²) in [5, 5.41) is 5.56. The standard InChI is InChI=1S/C28H18/c1-4-10-21-17(6-1)14-19-8-5-11-24-23-13-12-22-20-9-3-2-7-18(20)15-25(22)26(23)16-27(21)28(19)24/h1-14H,15-16H2. The van der Waals surface area contributed by atoms with E-state index in [4.69, 9.17) is 0 Å². The molecular weight excluding hydrogens is 336 g/mol. The van der Waals surface area contributed by atoms with Gasteiger partial charge in [-0.1, -0.05) is 78.9 Å². The van der Waals surface area contributed by atoms with Gasteiger partial charge in [-0.3, -0.25) is 0 Å². The van der Waals surface area contributed by atoms with Crippen LogP contribution in [0.4, 0.5) is 0 Å². The Morgan fingerprint density at radius 2 is 1.18 bits per heavy atom. The molecule has 2 aliphatic carbocycles. The Morgan fingerprint density at radius 1 is 0.464 bits per heavy atom. The van der Waals surface area contributed by atoms with Crippen molar-refractivity contribution in [2.24, 2.45) is 0 Å². The minimum Gasteiger partial charge on any atom is -0.0619 e. The van der Waals surface area contributed by atoms with Crippen molar-refractivity contribution in [3.05, 3.63) is 107 Å². The van der Waals surface area contributed by atoms with Gasteiger partial charge in [-0.05, 0) is 85.0 Å². The van der Waals surface area contributed by atoms with E-state index < -0.39 is 0 Å². The van der Waals surface area contributed by atoms with Crippen molar-refractivity contribution in [2.45, 2.75) is 12.8 Å². The fraction of sp³-hybridized carbons (Fsp3) is 0.0714. The first-order valence-electron chi connectivity index (χ1n) is 10.1. The second-order valence-electron chi connectivity index (χ2n) is 8.11. The average Bonchev–Trinajstić information content (AvgIpc) is 3.13. The zero-order valence-corrected chi connectivity index (χ0v) is 15.5. The van der Waals surface area contributed by atoms with Crippen LogP contribution < -0.4 is 0 Å². The van der Waals surface area contributed by atoms with E-state index >= 15 is 0 Å². The summed E-state index contributed by atoms with van der Waals surface area (Å²) in [7, 11) is 0. The molecule has 0 unspecified atom stereocenters. The molecule has 7 rings (SSSR count). The first-order valence-corrected chi connectivity index (χ1v) is 10.1. The van der Waals surface area contributed by atoms with Gasteiger partial charge in [-0.15, -0.1) is 0 Å². The zero-order valence-electron chi connectivity index (χ0n) is 15.5. The lowest BCUT2D eigenvalue weighted by atomic mass is 9.79. The Hall–Kier alpha value is -3.38. The highest BCUT2D eigenvalue weighted by Crippen LogP contribution is 2.48. The van der Waals surface area contributed by atoms with Gasteiger partial charge in [-0.2, -0.15) is 0 Å². The van der Waals surface area contributed by atoms with Gasteiger partial charge in [0, 0.05) is 0 Å². The van der Waals surface area contributed by atoms with Crippen molar-refractivity contribution >= 4 is 21.5 Å². The van der Waals surface area contributed by atoms with Crippen molar-refractivity contribution in [3.8, 4) is 22.3 Å². The van der Waals surface area contributed by atoms with E-state index in [9.17, 15) is 0 Å². The Labute approximate surface area is 164 Å². The molecule has 0 aliphatic heterocycles. The molecule has 0 bridgehead atoms. The topological polar surface area (TPSA) is 0 Å². The highest BCUT2D eigenvalue weighted by Gasteiger charge is 2.27. The fourth-order valence-corrected chi connectivity index (χ4v) is 5.54. The fourth-order valence-electron chi connectivity index (χ4n) is 5.54. The summed E-state index contributed by atoms with van der Waals surface area (Å²) in [5.41, 5.74) is 11.7. The summed E-state index contributed by atoms with van der Waals surface area (Å²) >= 11 is 0. The molecule has 0 nitrogen and oxygen atoms in total. The third-order valence-corrected chi connectivity index (χ3v) is 6.75. The van der Waals surface area contributed by atoms with Crippen molar-refractivity contribution in [1.29, 1.82) is 0 Å². The number of fused-ring (bicyclic) bond motifs is 8. The smallest absolute Gasteiger partial charge is 0.000398 e. The SMILES string of the molecule is c1ccc2c(c1)Cc1c-2ccc2c1Cc1c3ccccc3cc3cccc-2c13. The molecule has 0 amide bonds. The lowest BCUT2D eigenvalue weighted by Crippen LogP contribution is -2.05. The van der Waals surface area contributed by atoms with Crippen LogP contribution in [-0.4, -0.2) is 0 Å². The molecule has 0 saturated heterocycles. The van der Waals surface area contributed by atoms with Gasteiger partial charge in [0.25, 0.3) is 0 Å². The number of hydrogen-bond acceptors (Lipinski definition) is 0. The van der Waals surface area contributed by atoms with Crippen LogP contribution in [0.5, 0.6) is 0 Å². The monoisotopic (exact) mass is 354 g/mol. The van der Waals surface area contributed by atoms with E-state index in [0.29, 0.717) is 0 Å². The van der Waals surface area contributed by atoms with E-state index in [1.165, 1.54) is 66.1 Å². The largest absolute Gasteiger partial charge is 0.0619 e. The lowest BCUT2D eigenvalue weighted by Gasteiger charge is -2.25. The summed E-state index contributed by atoms with van der Waals surface area (Å²) in [6, 6.07) is 31.6. The summed E-state index contributed by atoms with van der Waals surface area (Å²) in [6.07, 6.45) is 2.09. The number of benzene rings is 5. The molecule has 0 radical (unpaired) electrons. The minimum absolute atomic E-state index is 1.03. The van der Waals surface area contributed by atoms with Crippen molar-refractivity contribution in [1.82, 2.24) is 0 Å². The van der Waals surface area contributed by atoms with Crippen LogP contribution in [0.3, 0.4) is 0 Å². The highest BCUT2D eigenvalue weighted by molar-refractivity contribution is 6.11. The molecule has 0 fully saturated rings. The molecule has 0 atom stereocenters. The van der Waals surface area contributed by atoms with Crippen LogP contribution in [0.25, 0.3) is 43.8 Å². The third kappa shape index (κ3) is 1.75. The molecule has 130 valence electrons. The first-order chi connectivity index (χ1) is 13.9. The Bertz CT molecular complexity index is 1450. The molecule has 0 saturated carbocycles. The van der Waals surface area contributed by atoms with E-state index in [1.54, 1.807) is 0 Å². The first kappa shape index (κ1) is 14.6. The van der Waals surface area contributed by atoms with E-state index in [2.05, 4.69) is 84.9 Å². The van der Waals surface area contributed by atoms with Crippen LogP contribution in [0.1, 0.15) is 22.3 Å². The quantitative estimate of drug-likeness (QED) is 0.254. The molecular formula is C28H18. The van der Waals surface area contributed by atoms with Crippen molar-refractivity contribution in [2.75, 3.05) is 0 Å². The Balaban J connectivity index is 1.60. The maximum absolute atomic E-state index is 2.36. The van der Waals surface area contributed by atoms with Gasteiger partial charge >= 0.3 is 0 Å². The molecule has 0 N–H and O–H groups in total. The Kier molecular flexibility index (Phi) is 2.67. The minimum atomic E-state index is 1.03. The molecule has 0 aromatic heterocycles. The van der Waals surface area contributed by atoms with Crippen LogP contribution in [0.2, 0.25) is 0 Å². The van der Waals surface area contributed by atoms with Crippen LogP contribution in [0, 0.1) is 0 Å². The normalized spacial score (nSPS) is 13.4. The van der Waals surface area contributed by atoms with E-state index in [1.807, 2.05) is 0 Å². The predicted molar refractivity (Wildman–Crippen MR) is 118 cm³/mol. The molecule has 2 aliphatic rings. The lowest BCUT2D eigenvalue weighted by molar-refractivity contribution is 1.13. The molecule has 5 aromatic carbocycles. The van der Waals surface area contributed by atoms with Gasteiger partial charge in [0.15, 0.2) is 0 Å². The number of rotatable bonds is 0. The average molecular weight is 354 g/mol. The summed E-state index contributed by atoms with van der Waals surface area (Å²) < 4.78 is 0. The molecule has 28 heavy (non-hydrogen) atoms. The predicted octanol–water partition coefficient (Wildman–Crippen LogP) is 7.14. The molecule has 0 heteroatoms. The third-order valence-electron chi connectivity index (χ3n) is 6.75. The van der Waals surface area contributed by atoms with E-state index in [0.717, 1.165) is 12.8 Å². The summed E-state index contributed by atoms with van der Waals surface area (Å²) in [5.74, 6) is 0. The van der Waals surface area contributed by atoms with Gasteiger partial charge in [0.05, 0.1) is 0 Å². The van der Waals surface area contributed by atoms with Gasteiger partial charge in [0.2, 0.25) is 0 Å². The zero-order chi connectivity index (χ0) is 18.2. The molecule has 0 heterocycles. The second kappa shape index (κ2) is 5.11. The number of hydrogen-bond donors (Lipinski definition) is 0. The second-order valence-corrected chi connectivity index (χ2v) is 8.11. The molecule has 5 aromatic rings. The van der Waals surface area contributed by atoms with Gasteiger partial charge in [-0.25, -0.2) is 0 Å². The summed E-state index contributed by atoms with van der Waals surface area (Å²) in [4.78, 5) is 0. The Morgan fingerprint density at radius 3 is 2.14 bits per heavy atom. The van der Waals surface area contributed by atoms with Crippen molar-refractivity contribution in [3.63, 3.8) is 0 Å². The van der Waals surface area contributed by atoms with Crippen LogP contribution in [-0.2, 0) is 12.8 Å². The maximum atomic E-state index is 2.36.